The van der Waals surface area contributed by atoms with Crippen molar-refractivity contribution < 1.29 is 12.8 Å². The fraction of sp³-hybridized carbons (Fsp3) is 0.105. The number of aryl methyl sites for hydroxylation is 2. The zero-order chi connectivity index (χ0) is 18.7. The molecular formula is C19H18FN3O2S. The molecule has 0 unspecified atom stereocenters. The van der Waals surface area contributed by atoms with Crippen molar-refractivity contribution in [1.82, 2.24) is 4.98 Å². The minimum Gasteiger partial charge on any atom is -0.340 e. The fourth-order valence-electron chi connectivity index (χ4n) is 2.31. The summed E-state index contributed by atoms with van der Waals surface area (Å²) in [7, 11) is -3.81. The molecule has 0 spiro atoms. The molecular weight excluding hydrogens is 353 g/mol. The maximum Gasteiger partial charge on any atom is 0.261 e. The van der Waals surface area contributed by atoms with Crippen molar-refractivity contribution in [2.75, 3.05) is 10.0 Å². The molecule has 0 atom stereocenters. The molecule has 1 heterocycles. The maximum atomic E-state index is 13.3. The predicted molar refractivity (Wildman–Crippen MR) is 101 cm³/mol. The topological polar surface area (TPSA) is 71.1 Å². The van der Waals surface area contributed by atoms with Gasteiger partial charge in [0.2, 0.25) is 0 Å². The van der Waals surface area contributed by atoms with Gasteiger partial charge in [-0.15, -0.1) is 0 Å². The largest absolute Gasteiger partial charge is 0.340 e. The van der Waals surface area contributed by atoms with Gasteiger partial charge < -0.3 is 5.32 Å². The van der Waals surface area contributed by atoms with Crippen LogP contribution in [0.1, 0.15) is 11.1 Å². The minimum absolute atomic E-state index is 0.00161. The third-order valence-corrected chi connectivity index (χ3v) is 5.16. The molecule has 0 radical (unpaired) electrons. The molecule has 26 heavy (non-hydrogen) atoms. The Balaban J connectivity index is 1.73. The van der Waals surface area contributed by atoms with Crippen LogP contribution in [-0.4, -0.2) is 13.4 Å². The normalized spacial score (nSPS) is 11.2. The number of anilines is 3. The van der Waals surface area contributed by atoms with Crippen molar-refractivity contribution in [2.45, 2.75) is 18.7 Å². The highest BCUT2D eigenvalue weighted by Crippen LogP contribution is 2.20. The minimum atomic E-state index is -3.81. The molecule has 1 aromatic heterocycles. The fourth-order valence-corrected chi connectivity index (χ4v) is 3.44. The second kappa shape index (κ2) is 7.13. The summed E-state index contributed by atoms with van der Waals surface area (Å²) in [6.07, 6.45) is 1.42. The number of benzene rings is 2. The maximum absolute atomic E-state index is 13.3. The van der Waals surface area contributed by atoms with Gasteiger partial charge in [-0.3, -0.25) is 4.72 Å². The molecule has 0 aliphatic rings. The number of halogens is 1. The first-order valence-corrected chi connectivity index (χ1v) is 9.40. The van der Waals surface area contributed by atoms with E-state index in [4.69, 9.17) is 0 Å². The Morgan fingerprint density at radius 3 is 2.23 bits per heavy atom. The van der Waals surface area contributed by atoms with Gasteiger partial charge in [-0.05, 0) is 61.9 Å². The zero-order valence-corrected chi connectivity index (χ0v) is 15.1. The average Bonchev–Trinajstić information content (AvgIpc) is 2.61. The number of pyridine rings is 1. The van der Waals surface area contributed by atoms with E-state index < -0.39 is 15.8 Å². The Morgan fingerprint density at radius 2 is 1.62 bits per heavy atom. The third kappa shape index (κ3) is 4.18. The summed E-state index contributed by atoms with van der Waals surface area (Å²) in [6.45, 7) is 3.52. The smallest absolute Gasteiger partial charge is 0.261 e. The molecule has 2 N–H and O–H groups in total. The van der Waals surface area contributed by atoms with Crippen LogP contribution in [0.2, 0.25) is 0 Å². The molecule has 0 aliphatic carbocycles. The lowest BCUT2D eigenvalue weighted by Crippen LogP contribution is -2.13. The van der Waals surface area contributed by atoms with Crippen LogP contribution >= 0.6 is 0 Å². The van der Waals surface area contributed by atoms with E-state index >= 15 is 0 Å². The first-order chi connectivity index (χ1) is 12.3. The quantitative estimate of drug-likeness (QED) is 0.698. The van der Waals surface area contributed by atoms with E-state index in [9.17, 15) is 12.8 Å². The van der Waals surface area contributed by atoms with E-state index in [0.717, 1.165) is 17.3 Å². The monoisotopic (exact) mass is 371 g/mol. The lowest BCUT2D eigenvalue weighted by molar-refractivity contribution is 0.598. The molecule has 134 valence electrons. The van der Waals surface area contributed by atoms with E-state index in [1.54, 1.807) is 12.1 Å². The van der Waals surface area contributed by atoms with Crippen LogP contribution in [0.15, 0.2) is 65.7 Å². The second-order valence-electron chi connectivity index (χ2n) is 5.94. The molecule has 0 bridgehead atoms. The number of aromatic nitrogens is 1. The summed E-state index contributed by atoms with van der Waals surface area (Å²) in [6, 6.07) is 14.8. The van der Waals surface area contributed by atoms with Crippen LogP contribution in [0.5, 0.6) is 0 Å². The van der Waals surface area contributed by atoms with Gasteiger partial charge in [0.05, 0.1) is 16.8 Å². The van der Waals surface area contributed by atoms with Gasteiger partial charge in [-0.2, -0.15) is 0 Å². The molecule has 3 aromatic rings. The lowest BCUT2D eigenvalue weighted by Gasteiger charge is -2.10. The van der Waals surface area contributed by atoms with Gasteiger partial charge in [0.15, 0.2) is 0 Å². The van der Waals surface area contributed by atoms with Gasteiger partial charge in [0.25, 0.3) is 10.0 Å². The first kappa shape index (κ1) is 17.9. The Kier molecular flexibility index (Phi) is 4.90. The summed E-state index contributed by atoms with van der Waals surface area (Å²) in [5.41, 5.74) is 2.63. The molecule has 0 amide bonds. The summed E-state index contributed by atoms with van der Waals surface area (Å²) >= 11 is 0. The lowest BCUT2D eigenvalue weighted by atomic mass is 10.2. The number of nitrogens with one attached hydrogen (secondary N) is 2. The number of sulfonamides is 1. The Morgan fingerprint density at radius 1 is 0.923 bits per heavy atom. The SMILES string of the molecule is Cc1ccc(Nc2ccc(NS(=O)(=O)c3ccc(F)c(C)c3)cn2)cc1. The standard InChI is InChI=1S/C19H18FN3O2S/c1-13-3-5-15(6-4-13)22-19-10-7-16(12-21-19)23-26(24,25)17-8-9-18(20)14(2)11-17/h3-12,23H,1-2H3,(H,21,22). The Bertz CT molecular complexity index is 1020. The third-order valence-electron chi connectivity index (χ3n) is 3.78. The second-order valence-corrected chi connectivity index (χ2v) is 7.62. The average molecular weight is 371 g/mol. The number of hydrogen-bond donors (Lipinski definition) is 2. The molecule has 7 heteroatoms. The van der Waals surface area contributed by atoms with Crippen molar-refractivity contribution in [3.05, 3.63) is 77.7 Å². The van der Waals surface area contributed by atoms with Gasteiger partial charge >= 0.3 is 0 Å². The first-order valence-electron chi connectivity index (χ1n) is 7.92. The van der Waals surface area contributed by atoms with Crippen LogP contribution in [0.4, 0.5) is 21.6 Å². The van der Waals surface area contributed by atoms with Crippen LogP contribution in [0, 0.1) is 19.7 Å². The summed E-state index contributed by atoms with van der Waals surface area (Å²) in [5, 5.41) is 3.14. The Labute approximate surface area is 152 Å². The summed E-state index contributed by atoms with van der Waals surface area (Å²) < 4.78 is 40.6. The number of rotatable bonds is 5. The number of nitrogens with zero attached hydrogens (tertiary/aromatic N) is 1. The van der Waals surface area contributed by atoms with Crippen LogP contribution in [0.25, 0.3) is 0 Å². The van der Waals surface area contributed by atoms with Crippen LogP contribution in [0.3, 0.4) is 0 Å². The van der Waals surface area contributed by atoms with Gasteiger partial charge in [-0.25, -0.2) is 17.8 Å². The van der Waals surface area contributed by atoms with Crippen LogP contribution < -0.4 is 10.0 Å². The van der Waals surface area contributed by atoms with E-state index in [2.05, 4.69) is 15.0 Å². The van der Waals surface area contributed by atoms with Crippen molar-refractivity contribution in [1.29, 1.82) is 0 Å². The predicted octanol–water partition coefficient (Wildman–Crippen LogP) is 4.38. The number of hydrogen-bond acceptors (Lipinski definition) is 4. The van der Waals surface area contributed by atoms with Gasteiger partial charge in [0.1, 0.15) is 11.6 Å². The van der Waals surface area contributed by atoms with Gasteiger partial charge in [-0.1, -0.05) is 17.7 Å². The van der Waals surface area contributed by atoms with Gasteiger partial charge in [0, 0.05) is 5.69 Å². The van der Waals surface area contributed by atoms with E-state index in [1.165, 1.54) is 25.3 Å². The highest BCUT2D eigenvalue weighted by Gasteiger charge is 2.15. The van der Waals surface area contributed by atoms with Crippen molar-refractivity contribution in [3.63, 3.8) is 0 Å². The van der Waals surface area contributed by atoms with E-state index in [-0.39, 0.29) is 10.5 Å². The Hall–Kier alpha value is -2.93. The van der Waals surface area contributed by atoms with Crippen molar-refractivity contribution in [3.8, 4) is 0 Å². The van der Waals surface area contributed by atoms with E-state index in [0.29, 0.717) is 11.5 Å². The summed E-state index contributed by atoms with van der Waals surface area (Å²) in [5.74, 6) is 0.145. The highest BCUT2D eigenvalue weighted by atomic mass is 32.2. The molecule has 0 saturated heterocycles. The summed E-state index contributed by atoms with van der Waals surface area (Å²) in [4.78, 5) is 4.21. The molecule has 0 aliphatic heterocycles. The van der Waals surface area contributed by atoms with E-state index in [1.807, 2.05) is 31.2 Å². The van der Waals surface area contributed by atoms with Crippen LogP contribution in [-0.2, 0) is 10.0 Å². The molecule has 3 rings (SSSR count). The molecule has 0 fully saturated rings. The zero-order valence-electron chi connectivity index (χ0n) is 14.3. The van der Waals surface area contributed by atoms with Crippen molar-refractivity contribution >= 4 is 27.2 Å². The molecule has 2 aromatic carbocycles. The van der Waals surface area contributed by atoms with Crippen molar-refractivity contribution in [2.24, 2.45) is 0 Å². The highest BCUT2D eigenvalue weighted by molar-refractivity contribution is 7.92. The molecule has 0 saturated carbocycles. The molecule has 5 nitrogen and oxygen atoms in total.